The minimum Gasteiger partial charge on any atom is -0.409 e. The average Bonchev–Trinajstić information content (AvgIpc) is 2.86. The van der Waals surface area contributed by atoms with Crippen LogP contribution >= 0.6 is 0 Å². The van der Waals surface area contributed by atoms with E-state index in [4.69, 9.17) is 10.9 Å². The number of nitrogens with two attached hydrogens (primary N) is 1. The van der Waals surface area contributed by atoms with Gasteiger partial charge in [-0.3, -0.25) is 0 Å². The number of oxime groups is 1. The Kier molecular flexibility index (Phi) is 6.63. The van der Waals surface area contributed by atoms with Crippen molar-refractivity contribution in [2.45, 2.75) is 58.8 Å². The van der Waals surface area contributed by atoms with Gasteiger partial charge in [-0.15, -0.1) is 0 Å². The Bertz CT molecular complexity index is 283. The van der Waals surface area contributed by atoms with E-state index in [1.807, 2.05) is 13.8 Å². The van der Waals surface area contributed by atoms with Crippen LogP contribution < -0.4 is 5.73 Å². The summed E-state index contributed by atoms with van der Waals surface area (Å²) in [5.74, 6) is 1.27. The van der Waals surface area contributed by atoms with Crippen molar-refractivity contribution in [2.75, 3.05) is 20.1 Å². The zero-order chi connectivity index (χ0) is 14.3. The molecule has 0 radical (unpaired) electrons. The van der Waals surface area contributed by atoms with Gasteiger partial charge >= 0.3 is 0 Å². The molecule has 1 fully saturated rings. The fourth-order valence-electron chi connectivity index (χ4n) is 2.94. The number of nitrogens with zero attached hydrogens (tertiary/aromatic N) is 2. The van der Waals surface area contributed by atoms with Crippen molar-refractivity contribution in [3.63, 3.8) is 0 Å². The molecule has 3 N–H and O–H groups in total. The van der Waals surface area contributed by atoms with E-state index in [2.05, 4.69) is 17.1 Å². The second-order valence-corrected chi connectivity index (χ2v) is 6.74. The van der Waals surface area contributed by atoms with Crippen molar-refractivity contribution >= 4 is 5.84 Å². The molecule has 0 aromatic heterocycles. The summed E-state index contributed by atoms with van der Waals surface area (Å²) in [7, 11) is 2.23. The summed E-state index contributed by atoms with van der Waals surface area (Å²) in [6.07, 6.45) is 8.96. The molecule has 1 saturated carbocycles. The van der Waals surface area contributed by atoms with Gasteiger partial charge in [0.1, 0.15) is 5.84 Å². The highest BCUT2D eigenvalue weighted by atomic mass is 16.4. The highest BCUT2D eigenvalue weighted by Gasteiger charge is 2.23. The van der Waals surface area contributed by atoms with Crippen LogP contribution in [0, 0.1) is 11.3 Å². The molecule has 1 aliphatic carbocycles. The molecule has 112 valence electrons. The molecule has 0 aliphatic heterocycles. The third-order valence-electron chi connectivity index (χ3n) is 4.44. The summed E-state index contributed by atoms with van der Waals surface area (Å²) in [5.41, 5.74) is 5.50. The minimum atomic E-state index is -0.196. The largest absolute Gasteiger partial charge is 0.409 e. The topological polar surface area (TPSA) is 61.8 Å². The van der Waals surface area contributed by atoms with Crippen LogP contribution in [0.2, 0.25) is 0 Å². The minimum absolute atomic E-state index is 0.196. The van der Waals surface area contributed by atoms with E-state index in [9.17, 15) is 0 Å². The first kappa shape index (κ1) is 16.3. The normalized spacial score (nSPS) is 18.4. The fourth-order valence-corrected chi connectivity index (χ4v) is 2.94. The lowest BCUT2D eigenvalue weighted by atomic mass is 9.86. The van der Waals surface area contributed by atoms with Crippen molar-refractivity contribution < 1.29 is 5.21 Å². The van der Waals surface area contributed by atoms with Gasteiger partial charge in [-0.1, -0.05) is 38.3 Å². The highest BCUT2D eigenvalue weighted by Crippen LogP contribution is 2.26. The third-order valence-corrected chi connectivity index (χ3v) is 4.44. The molecule has 0 aromatic carbocycles. The monoisotopic (exact) mass is 269 g/mol. The molecule has 4 nitrogen and oxygen atoms in total. The van der Waals surface area contributed by atoms with Crippen LogP contribution in [-0.2, 0) is 0 Å². The Morgan fingerprint density at radius 1 is 1.32 bits per heavy atom. The predicted octanol–water partition coefficient (Wildman–Crippen LogP) is 3.05. The molecule has 0 amide bonds. The van der Waals surface area contributed by atoms with Gasteiger partial charge in [-0.25, -0.2) is 0 Å². The van der Waals surface area contributed by atoms with Gasteiger partial charge in [0, 0.05) is 12.0 Å². The van der Waals surface area contributed by atoms with E-state index in [-0.39, 0.29) is 5.41 Å². The van der Waals surface area contributed by atoms with Crippen LogP contribution in [0.5, 0.6) is 0 Å². The first-order valence-corrected chi connectivity index (χ1v) is 7.62. The first-order valence-electron chi connectivity index (χ1n) is 7.62. The zero-order valence-electron chi connectivity index (χ0n) is 12.9. The summed E-state index contributed by atoms with van der Waals surface area (Å²) in [6.45, 7) is 6.47. The molecule has 4 heteroatoms. The van der Waals surface area contributed by atoms with Gasteiger partial charge in [0.2, 0.25) is 0 Å². The van der Waals surface area contributed by atoms with Gasteiger partial charge in [0.05, 0.1) is 0 Å². The number of rotatable bonds is 8. The van der Waals surface area contributed by atoms with E-state index >= 15 is 0 Å². The Balaban J connectivity index is 2.12. The quantitative estimate of drug-likeness (QED) is 0.234. The summed E-state index contributed by atoms with van der Waals surface area (Å²) in [5, 5.41) is 11.9. The maximum absolute atomic E-state index is 8.73. The van der Waals surface area contributed by atoms with Crippen LogP contribution in [0.4, 0.5) is 0 Å². The number of hydrogen-bond donors (Lipinski definition) is 2. The molecule has 1 rings (SSSR count). The van der Waals surface area contributed by atoms with Crippen LogP contribution in [0.25, 0.3) is 0 Å². The molecular formula is C15H31N3O. The van der Waals surface area contributed by atoms with Gasteiger partial charge in [0.25, 0.3) is 0 Å². The first-order chi connectivity index (χ1) is 8.95. The van der Waals surface area contributed by atoms with E-state index in [0.717, 1.165) is 25.3 Å². The summed E-state index contributed by atoms with van der Waals surface area (Å²) < 4.78 is 0. The lowest BCUT2D eigenvalue weighted by Gasteiger charge is -2.24. The Labute approximate surface area is 118 Å². The average molecular weight is 269 g/mol. The third kappa shape index (κ3) is 5.81. The van der Waals surface area contributed by atoms with Crippen molar-refractivity contribution in [3.05, 3.63) is 0 Å². The van der Waals surface area contributed by atoms with Crippen LogP contribution in [0.1, 0.15) is 58.8 Å². The van der Waals surface area contributed by atoms with E-state index < -0.39 is 0 Å². The van der Waals surface area contributed by atoms with Crippen LogP contribution in [0.3, 0.4) is 0 Å². The standard InChI is InChI=1S/C15H31N3O/c1-15(2,14(16)17-19)10-6-7-11-18(3)12-13-8-4-5-9-13/h13,19H,4-12H2,1-3H3,(H2,16,17). The van der Waals surface area contributed by atoms with E-state index in [1.165, 1.54) is 38.6 Å². The molecule has 0 heterocycles. The SMILES string of the molecule is CN(CCCCC(C)(C)C(N)=NO)CC1CCCC1. The summed E-state index contributed by atoms with van der Waals surface area (Å²) >= 11 is 0. The molecule has 1 aliphatic rings. The van der Waals surface area contributed by atoms with Gasteiger partial charge in [-0.2, -0.15) is 0 Å². The lowest BCUT2D eigenvalue weighted by molar-refractivity contribution is 0.266. The number of amidine groups is 1. The van der Waals surface area contributed by atoms with Crippen molar-refractivity contribution in [1.29, 1.82) is 0 Å². The number of hydrogen-bond acceptors (Lipinski definition) is 3. The van der Waals surface area contributed by atoms with Crippen LogP contribution in [-0.4, -0.2) is 36.1 Å². The molecule has 0 bridgehead atoms. The van der Waals surface area contributed by atoms with Crippen LogP contribution in [0.15, 0.2) is 5.16 Å². The lowest BCUT2D eigenvalue weighted by Crippen LogP contribution is -2.32. The van der Waals surface area contributed by atoms with Crippen molar-refractivity contribution in [3.8, 4) is 0 Å². The summed E-state index contributed by atoms with van der Waals surface area (Å²) in [6, 6.07) is 0. The molecule has 0 atom stereocenters. The second-order valence-electron chi connectivity index (χ2n) is 6.74. The van der Waals surface area contributed by atoms with Gasteiger partial charge in [-0.05, 0) is 45.2 Å². The smallest absolute Gasteiger partial charge is 0.144 e. The highest BCUT2D eigenvalue weighted by molar-refractivity contribution is 5.85. The summed E-state index contributed by atoms with van der Waals surface area (Å²) in [4.78, 5) is 2.46. The van der Waals surface area contributed by atoms with Crippen molar-refractivity contribution in [2.24, 2.45) is 22.2 Å². The molecule has 0 unspecified atom stereocenters. The van der Waals surface area contributed by atoms with E-state index in [0.29, 0.717) is 5.84 Å². The Hall–Kier alpha value is -0.770. The van der Waals surface area contributed by atoms with Crippen molar-refractivity contribution in [1.82, 2.24) is 4.90 Å². The maximum atomic E-state index is 8.73. The fraction of sp³-hybridized carbons (Fsp3) is 0.933. The molecule has 0 aromatic rings. The van der Waals surface area contributed by atoms with Gasteiger partial charge in [0.15, 0.2) is 0 Å². The number of unbranched alkanes of at least 4 members (excludes halogenated alkanes) is 1. The molecule has 0 spiro atoms. The Morgan fingerprint density at radius 3 is 2.53 bits per heavy atom. The molecule has 19 heavy (non-hydrogen) atoms. The van der Waals surface area contributed by atoms with Gasteiger partial charge < -0.3 is 15.8 Å². The molecular weight excluding hydrogens is 238 g/mol. The predicted molar refractivity (Wildman–Crippen MR) is 80.5 cm³/mol. The Morgan fingerprint density at radius 2 is 1.95 bits per heavy atom. The zero-order valence-corrected chi connectivity index (χ0v) is 12.9. The molecule has 0 saturated heterocycles. The maximum Gasteiger partial charge on any atom is 0.144 e. The van der Waals surface area contributed by atoms with E-state index in [1.54, 1.807) is 0 Å². The second kappa shape index (κ2) is 7.73.